The van der Waals surface area contributed by atoms with Gasteiger partial charge >= 0.3 is 39.5 Å². The molecule has 0 fully saturated rings. The average Bonchev–Trinajstić information content (AvgIpc) is 2.67. The van der Waals surface area contributed by atoms with Gasteiger partial charge in [-0.2, -0.15) is 0 Å². The number of carbonyl (C=O) groups is 4. The summed E-state index contributed by atoms with van der Waals surface area (Å²) in [4.78, 5) is 72.7. The van der Waals surface area contributed by atoms with Gasteiger partial charge < -0.3 is 33.8 Å². The van der Waals surface area contributed by atoms with Crippen molar-refractivity contribution in [1.29, 1.82) is 0 Å². The summed E-state index contributed by atoms with van der Waals surface area (Å²) in [7, 11) is -9.90. The van der Waals surface area contributed by atoms with Crippen molar-refractivity contribution in [3.63, 3.8) is 0 Å². The molecule has 0 amide bonds. The fraction of sp³-hybridized carbons (Fsp3) is 0.946. The van der Waals surface area contributed by atoms with Gasteiger partial charge in [-0.25, -0.2) is 9.13 Å². The molecule has 0 radical (unpaired) electrons. The highest BCUT2D eigenvalue weighted by Gasteiger charge is 2.30. The van der Waals surface area contributed by atoms with Gasteiger partial charge in [0.25, 0.3) is 0 Å². The third-order valence-corrected chi connectivity index (χ3v) is 19.5. The Hall–Kier alpha value is -1.94. The first-order chi connectivity index (χ1) is 44.9. The molecule has 0 bridgehead atoms. The number of unbranched alkanes of at least 4 members (excludes halogenated alkanes) is 42. The van der Waals surface area contributed by atoms with Crippen LogP contribution in [0.5, 0.6) is 0 Å². The summed E-state index contributed by atoms with van der Waals surface area (Å²) in [6.45, 7) is 9.59. The molecule has 6 atom stereocenters. The largest absolute Gasteiger partial charge is 0.472 e. The van der Waals surface area contributed by atoms with Crippen LogP contribution in [0.25, 0.3) is 0 Å². The number of ether oxygens (including phenoxy) is 4. The molecule has 0 saturated carbocycles. The van der Waals surface area contributed by atoms with Gasteiger partial charge in [0, 0.05) is 25.7 Å². The molecule has 0 aromatic heterocycles. The first-order valence-corrected chi connectivity index (χ1v) is 41.5. The SMILES string of the molecule is CCCCCCCCCCCCCCCC(=O)OC[C@H](COP(=O)(O)OC[C@@H](O)COP(=O)(O)OC[C@@H](COC(=O)CCCCCCCCCCC)OC(=O)CCCCCCCCCCC(C)CC)OC(=O)CCCCCCCCCCCCCCCCCCC(C)C. The number of aliphatic hydroxyl groups is 1. The van der Waals surface area contributed by atoms with Gasteiger partial charge in [0.2, 0.25) is 0 Å². The third kappa shape index (κ3) is 67.0. The molecule has 19 heteroatoms. The van der Waals surface area contributed by atoms with Crippen LogP contribution in [0.15, 0.2) is 0 Å². The molecule has 0 aliphatic carbocycles. The van der Waals surface area contributed by atoms with Crippen molar-refractivity contribution in [2.24, 2.45) is 11.8 Å². The smallest absolute Gasteiger partial charge is 0.462 e. The van der Waals surface area contributed by atoms with Gasteiger partial charge in [-0.3, -0.25) is 37.3 Å². The molecule has 0 spiro atoms. The number of aliphatic hydroxyl groups excluding tert-OH is 1. The van der Waals surface area contributed by atoms with Crippen molar-refractivity contribution >= 4 is 39.5 Å². The van der Waals surface area contributed by atoms with Gasteiger partial charge in [0.15, 0.2) is 12.2 Å². The van der Waals surface area contributed by atoms with E-state index in [4.69, 9.17) is 37.0 Å². The van der Waals surface area contributed by atoms with E-state index in [0.717, 1.165) is 102 Å². The number of esters is 4. The van der Waals surface area contributed by atoms with Crippen LogP contribution in [0.1, 0.15) is 382 Å². The first-order valence-electron chi connectivity index (χ1n) is 38.5. The van der Waals surface area contributed by atoms with E-state index in [0.29, 0.717) is 25.7 Å². The molecule has 0 heterocycles. The Balaban J connectivity index is 5.22. The zero-order valence-corrected chi connectivity index (χ0v) is 62.3. The lowest BCUT2D eigenvalue weighted by Crippen LogP contribution is -2.30. The van der Waals surface area contributed by atoms with Crippen LogP contribution in [-0.2, 0) is 65.4 Å². The fourth-order valence-electron chi connectivity index (χ4n) is 11.3. The van der Waals surface area contributed by atoms with Gasteiger partial charge in [0.1, 0.15) is 19.3 Å². The molecular weight excluding hydrogens is 1220 g/mol. The van der Waals surface area contributed by atoms with Gasteiger partial charge in [-0.15, -0.1) is 0 Å². The molecule has 0 rings (SSSR count). The minimum Gasteiger partial charge on any atom is -0.462 e. The van der Waals surface area contributed by atoms with Crippen molar-refractivity contribution in [3.05, 3.63) is 0 Å². The van der Waals surface area contributed by atoms with E-state index in [1.807, 2.05) is 0 Å². The van der Waals surface area contributed by atoms with Crippen molar-refractivity contribution in [2.45, 2.75) is 400 Å². The quantitative estimate of drug-likeness (QED) is 0.0222. The van der Waals surface area contributed by atoms with E-state index in [-0.39, 0.29) is 25.7 Å². The molecule has 0 aliphatic heterocycles. The van der Waals surface area contributed by atoms with E-state index in [2.05, 4.69) is 41.5 Å². The van der Waals surface area contributed by atoms with E-state index in [9.17, 15) is 43.2 Å². The molecule has 0 aromatic carbocycles. The van der Waals surface area contributed by atoms with Crippen molar-refractivity contribution < 1.29 is 80.2 Å². The van der Waals surface area contributed by atoms with Crippen LogP contribution in [0.2, 0.25) is 0 Å². The number of hydrogen-bond acceptors (Lipinski definition) is 15. The van der Waals surface area contributed by atoms with E-state index in [1.54, 1.807) is 0 Å². The fourth-order valence-corrected chi connectivity index (χ4v) is 12.8. The number of hydrogen-bond donors (Lipinski definition) is 3. The summed E-state index contributed by atoms with van der Waals surface area (Å²) in [5, 5.41) is 10.6. The Morgan fingerprint density at radius 3 is 0.817 bits per heavy atom. The lowest BCUT2D eigenvalue weighted by Gasteiger charge is -2.21. The normalized spacial score (nSPS) is 14.3. The monoisotopic (exact) mass is 1370 g/mol. The molecule has 93 heavy (non-hydrogen) atoms. The molecule has 0 aliphatic rings. The zero-order chi connectivity index (χ0) is 68.6. The zero-order valence-electron chi connectivity index (χ0n) is 60.6. The number of rotatable bonds is 73. The van der Waals surface area contributed by atoms with E-state index in [1.165, 1.54) is 199 Å². The van der Waals surface area contributed by atoms with Crippen LogP contribution in [0.3, 0.4) is 0 Å². The topological polar surface area (TPSA) is 237 Å². The highest BCUT2D eigenvalue weighted by atomic mass is 31.2. The Morgan fingerprint density at radius 2 is 0.548 bits per heavy atom. The molecule has 552 valence electrons. The van der Waals surface area contributed by atoms with Crippen molar-refractivity contribution in [2.75, 3.05) is 39.6 Å². The van der Waals surface area contributed by atoms with Crippen molar-refractivity contribution in [3.8, 4) is 0 Å². The highest BCUT2D eigenvalue weighted by Crippen LogP contribution is 2.45. The van der Waals surface area contributed by atoms with E-state index >= 15 is 0 Å². The average molecular weight is 1370 g/mol. The van der Waals surface area contributed by atoms with Crippen molar-refractivity contribution in [1.82, 2.24) is 0 Å². The molecule has 3 unspecified atom stereocenters. The third-order valence-electron chi connectivity index (χ3n) is 17.6. The Morgan fingerprint density at radius 1 is 0.312 bits per heavy atom. The minimum atomic E-state index is -4.95. The summed E-state index contributed by atoms with van der Waals surface area (Å²) < 4.78 is 68.4. The highest BCUT2D eigenvalue weighted by molar-refractivity contribution is 7.47. The Labute approximate surface area is 568 Å². The molecule has 17 nitrogen and oxygen atoms in total. The summed E-state index contributed by atoms with van der Waals surface area (Å²) >= 11 is 0. The minimum absolute atomic E-state index is 0.105. The number of phosphoric ester groups is 2. The second kappa shape index (κ2) is 66.0. The molecule has 3 N–H and O–H groups in total. The first kappa shape index (κ1) is 91.1. The van der Waals surface area contributed by atoms with Crippen LogP contribution < -0.4 is 0 Å². The lowest BCUT2D eigenvalue weighted by atomic mass is 9.99. The second-order valence-corrected chi connectivity index (χ2v) is 30.3. The maximum absolute atomic E-state index is 13.1. The predicted octanol–water partition coefficient (Wildman–Crippen LogP) is 21.6. The maximum Gasteiger partial charge on any atom is 0.472 e. The summed E-state index contributed by atoms with van der Waals surface area (Å²) in [6, 6.07) is 0. The maximum atomic E-state index is 13.1. The molecular formula is C74H144O17P2. The van der Waals surface area contributed by atoms with Crippen LogP contribution in [0, 0.1) is 11.8 Å². The number of carbonyl (C=O) groups excluding carboxylic acids is 4. The predicted molar refractivity (Wildman–Crippen MR) is 377 cm³/mol. The second-order valence-electron chi connectivity index (χ2n) is 27.4. The summed E-state index contributed by atoms with van der Waals surface area (Å²) in [6.07, 6.45) is 52.6. The Kier molecular flexibility index (Phi) is 64.6. The van der Waals surface area contributed by atoms with Crippen LogP contribution in [0.4, 0.5) is 0 Å². The lowest BCUT2D eigenvalue weighted by molar-refractivity contribution is -0.161. The van der Waals surface area contributed by atoms with E-state index < -0.39 is 97.5 Å². The summed E-state index contributed by atoms with van der Waals surface area (Å²) in [5.41, 5.74) is 0. The number of phosphoric acid groups is 2. The Bertz CT molecular complexity index is 1810. The van der Waals surface area contributed by atoms with Gasteiger partial charge in [-0.1, -0.05) is 330 Å². The summed E-state index contributed by atoms with van der Waals surface area (Å²) in [5.74, 6) is -0.541. The standard InChI is InChI=1S/C74H144O17P2/c1-7-10-12-14-16-18-19-24-28-32-39-45-51-57-72(77)85-63-69(90-73(78)58-52-46-40-33-29-26-23-21-20-22-25-27-31-36-42-48-54-66(4)5)64-88-92(80,81)86-60-68(75)61-87-93(82,83)89-65-70(62-84-71(76)56-50-44-38-30-17-15-13-11-8-2)91-74(79)59-53-47-41-35-34-37-43-49-55-67(6)9-3/h66-70,75H,7-65H2,1-6H3,(H,80,81)(H,82,83)/t67?,68-,69-,70-/m1/s1. The van der Waals surface area contributed by atoms with Crippen LogP contribution >= 0.6 is 15.6 Å². The molecule has 0 saturated heterocycles. The van der Waals surface area contributed by atoms with Gasteiger partial charge in [-0.05, 0) is 37.5 Å². The molecule has 0 aromatic rings. The van der Waals surface area contributed by atoms with Gasteiger partial charge in [0.05, 0.1) is 26.4 Å². The van der Waals surface area contributed by atoms with Crippen LogP contribution in [-0.4, -0.2) is 96.7 Å².